The highest BCUT2D eigenvalue weighted by Crippen LogP contribution is 2.14. The van der Waals surface area contributed by atoms with E-state index in [2.05, 4.69) is 15.1 Å². The van der Waals surface area contributed by atoms with E-state index in [0.29, 0.717) is 13.0 Å². The summed E-state index contributed by atoms with van der Waals surface area (Å²) >= 11 is 0. The molecule has 0 aromatic heterocycles. The molecule has 0 aliphatic carbocycles. The molecule has 0 saturated carbocycles. The van der Waals surface area contributed by atoms with Gasteiger partial charge in [0.05, 0.1) is 13.0 Å². The number of nitrogens with zero attached hydrogens (tertiary/aromatic N) is 2. The standard InChI is InChI=1S/C14H27N3O2/c1-2-19-14(18)5-8-16-9-11-17(12-10-16)13-3-6-15-7-4-13/h13,15H,2-12H2,1H3. The first-order valence-corrected chi connectivity index (χ1v) is 7.62. The van der Waals surface area contributed by atoms with Crippen LogP contribution in [0.15, 0.2) is 0 Å². The number of piperidine rings is 1. The monoisotopic (exact) mass is 269 g/mol. The Morgan fingerprint density at radius 1 is 1.21 bits per heavy atom. The molecule has 5 nitrogen and oxygen atoms in total. The summed E-state index contributed by atoms with van der Waals surface area (Å²) in [6.45, 7) is 9.98. The van der Waals surface area contributed by atoms with E-state index in [1.165, 1.54) is 12.8 Å². The van der Waals surface area contributed by atoms with Crippen molar-refractivity contribution in [2.75, 3.05) is 52.4 Å². The molecule has 2 saturated heterocycles. The van der Waals surface area contributed by atoms with E-state index in [1.807, 2.05) is 6.92 Å². The normalized spacial score (nSPS) is 23.4. The van der Waals surface area contributed by atoms with Gasteiger partial charge in [-0.3, -0.25) is 9.69 Å². The molecule has 0 radical (unpaired) electrons. The summed E-state index contributed by atoms with van der Waals surface area (Å²) < 4.78 is 4.97. The van der Waals surface area contributed by atoms with Gasteiger partial charge < -0.3 is 15.0 Å². The lowest BCUT2D eigenvalue weighted by Gasteiger charge is -2.40. The number of esters is 1. The summed E-state index contributed by atoms with van der Waals surface area (Å²) in [4.78, 5) is 16.3. The minimum absolute atomic E-state index is 0.0664. The molecule has 1 N–H and O–H groups in total. The average Bonchev–Trinajstić information content (AvgIpc) is 2.47. The van der Waals surface area contributed by atoms with Crippen molar-refractivity contribution >= 4 is 5.97 Å². The molecule has 0 aromatic carbocycles. The van der Waals surface area contributed by atoms with Crippen LogP contribution in [0.25, 0.3) is 0 Å². The Balaban J connectivity index is 1.63. The minimum atomic E-state index is -0.0664. The van der Waals surface area contributed by atoms with Gasteiger partial charge in [-0.1, -0.05) is 0 Å². The lowest BCUT2D eigenvalue weighted by atomic mass is 10.0. The molecule has 2 heterocycles. The molecule has 0 aromatic rings. The summed E-state index contributed by atoms with van der Waals surface area (Å²) in [5.41, 5.74) is 0. The summed E-state index contributed by atoms with van der Waals surface area (Å²) in [6, 6.07) is 0.772. The number of hydrogen-bond donors (Lipinski definition) is 1. The quantitative estimate of drug-likeness (QED) is 0.728. The van der Waals surface area contributed by atoms with Crippen LogP contribution in [0.4, 0.5) is 0 Å². The fraction of sp³-hybridized carbons (Fsp3) is 0.929. The van der Waals surface area contributed by atoms with Crippen LogP contribution < -0.4 is 5.32 Å². The zero-order chi connectivity index (χ0) is 13.5. The second-order valence-corrected chi connectivity index (χ2v) is 5.41. The zero-order valence-electron chi connectivity index (χ0n) is 12.1. The maximum Gasteiger partial charge on any atom is 0.307 e. The minimum Gasteiger partial charge on any atom is -0.466 e. The molecule has 19 heavy (non-hydrogen) atoms. The first kappa shape index (κ1) is 14.8. The van der Waals surface area contributed by atoms with E-state index < -0.39 is 0 Å². The van der Waals surface area contributed by atoms with Crippen LogP contribution in [0.3, 0.4) is 0 Å². The number of hydrogen-bond acceptors (Lipinski definition) is 5. The van der Waals surface area contributed by atoms with E-state index in [4.69, 9.17) is 4.74 Å². The Kier molecular flexibility index (Phi) is 6.07. The largest absolute Gasteiger partial charge is 0.466 e. The SMILES string of the molecule is CCOC(=O)CCN1CCN(C2CCNCC2)CC1. The summed E-state index contributed by atoms with van der Waals surface area (Å²) in [5, 5.41) is 3.42. The van der Waals surface area contributed by atoms with E-state index in [1.54, 1.807) is 0 Å². The number of carbonyl (C=O) groups is 1. The van der Waals surface area contributed by atoms with Crippen molar-refractivity contribution in [2.24, 2.45) is 0 Å². The molecule has 110 valence electrons. The Morgan fingerprint density at radius 2 is 1.89 bits per heavy atom. The molecule has 0 atom stereocenters. The summed E-state index contributed by atoms with van der Waals surface area (Å²) in [5.74, 6) is -0.0664. The van der Waals surface area contributed by atoms with E-state index >= 15 is 0 Å². The van der Waals surface area contributed by atoms with Gasteiger partial charge in [0.1, 0.15) is 0 Å². The van der Waals surface area contributed by atoms with Gasteiger partial charge in [-0.25, -0.2) is 0 Å². The zero-order valence-corrected chi connectivity index (χ0v) is 12.1. The predicted octanol–water partition coefficient (Wildman–Crippen LogP) is 0.309. The topological polar surface area (TPSA) is 44.8 Å². The lowest BCUT2D eigenvalue weighted by molar-refractivity contribution is -0.143. The second-order valence-electron chi connectivity index (χ2n) is 5.41. The van der Waals surface area contributed by atoms with Gasteiger partial charge in [-0.05, 0) is 32.9 Å². The van der Waals surface area contributed by atoms with Crippen molar-refractivity contribution in [2.45, 2.75) is 32.2 Å². The van der Waals surface area contributed by atoms with Crippen LogP contribution in [0.5, 0.6) is 0 Å². The molecule has 2 fully saturated rings. The van der Waals surface area contributed by atoms with Crippen molar-refractivity contribution in [3.63, 3.8) is 0 Å². The Labute approximate surface area is 116 Å². The molecular weight excluding hydrogens is 242 g/mol. The number of piperazine rings is 1. The fourth-order valence-electron chi connectivity index (χ4n) is 3.01. The van der Waals surface area contributed by atoms with Crippen LogP contribution in [-0.4, -0.2) is 74.2 Å². The van der Waals surface area contributed by atoms with Crippen LogP contribution in [-0.2, 0) is 9.53 Å². The van der Waals surface area contributed by atoms with E-state index in [-0.39, 0.29) is 5.97 Å². The van der Waals surface area contributed by atoms with Crippen molar-refractivity contribution in [1.82, 2.24) is 15.1 Å². The van der Waals surface area contributed by atoms with Gasteiger partial charge >= 0.3 is 5.97 Å². The highest BCUT2D eigenvalue weighted by Gasteiger charge is 2.24. The van der Waals surface area contributed by atoms with Crippen molar-refractivity contribution in [3.05, 3.63) is 0 Å². The Bertz CT molecular complexity index is 272. The van der Waals surface area contributed by atoms with Gasteiger partial charge in [-0.15, -0.1) is 0 Å². The molecule has 0 spiro atoms. The highest BCUT2D eigenvalue weighted by atomic mass is 16.5. The lowest BCUT2D eigenvalue weighted by Crippen LogP contribution is -2.52. The average molecular weight is 269 g/mol. The van der Waals surface area contributed by atoms with Crippen LogP contribution in [0.2, 0.25) is 0 Å². The fourth-order valence-corrected chi connectivity index (χ4v) is 3.01. The van der Waals surface area contributed by atoms with Gasteiger partial charge in [0.15, 0.2) is 0 Å². The number of ether oxygens (including phenoxy) is 1. The molecule has 2 rings (SSSR count). The van der Waals surface area contributed by atoms with Crippen molar-refractivity contribution in [3.8, 4) is 0 Å². The molecule has 5 heteroatoms. The molecule has 0 amide bonds. The van der Waals surface area contributed by atoms with Crippen molar-refractivity contribution in [1.29, 1.82) is 0 Å². The Hall–Kier alpha value is -0.650. The van der Waals surface area contributed by atoms with Crippen molar-refractivity contribution < 1.29 is 9.53 Å². The second kappa shape index (κ2) is 7.82. The smallest absolute Gasteiger partial charge is 0.307 e. The summed E-state index contributed by atoms with van der Waals surface area (Å²) in [6.07, 6.45) is 3.09. The summed E-state index contributed by atoms with van der Waals surface area (Å²) in [7, 11) is 0. The third kappa shape index (κ3) is 4.75. The third-order valence-electron chi connectivity index (χ3n) is 4.17. The van der Waals surface area contributed by atoms with Crippen LogP contribution in [0, 0.1) is 0 Å². The number of nitrogens with one attached hydrogen (secondary N) is 1. The number of carbonyl (C=O) groups excluding carboxylic acids is 1. The van der Waals surface area contributed by atoms with Gasteiger partial charge in [0.25, 0.3) is 0 Å². The van der Waals surface area contributed by atoms with E-state index in [0.717, 1.165) is 51.9 Å². The molecule has 0 bridgehead atoms. The maximum atomic E-state index is 11.3. The molecule has 2 aliphatic heterocycles. The first-order chi connectivity index (χ1) is 9.29. The van der Waals surface area contributed by atoms with E-state index in [9.17, 15) is 4.79 Å². The highest BCUT2D eigenvalue weighted by molar-refractivity contribution is 5.69. The van der Waals surface area contributed by atoms with Crippen LogP contribution >= 0.6 is 0 Å². The van der Waals surface area contributed by atoms with Crippen LogP contribution in [0.1, 0.15) is 26.2 Å². The number of rotatable bonds is 5. The maximum absolute atomic E-state index is 11.3. The first-order valence-electron chi connectivity index (χ1n) is 7.62. The van der Waals surface area contributed by atoms with Gasteiger partial charge in [0, 0.05) is 38.8 Å². The Morgan fingerprint density at radius 3 is 2.53 bits per heavy atom. The predicted molar refractivity (Wildman–Crippen MR) is 75.2 cm³/mol. The molecule has 0 unspecified atom stereocenters. The third-order valence-corrected chi connectivity index (χ3v) is 4.17. The van der Waals surface area contributed by atoms with Gasteiger partial charge in [-0.2, -0.15) is 0 Å². The molecule has 2 aliphatic rings. The molecular formula is C14H27N3O2. The van der Waals surface area contributed by atoms with Gasteiger partial charge in [0.2, 0.25) is 0 Å².